The van der Waals surface area contributed by atoms with Crippen LogP contribution >= 0.6 is 0 Å². The molecule has 108 valence electrons. The van der Waals surface area contributed by atoms with Crippen LogP contribution in [-0.4, -0.2) is 25.9 Å². The molecule has 1 aromatic rings. The van der Waals surface area contributed by atoms with Gasteiger partial charge in [0.05, 0.1) is 6.10 Å². The Morgan fingerprint density at radius 3 is 2.63 bits per heavy atom. The van der Waals surface area contributed by atoms with Gasteiger partial charge in [0.1, 0.15) is 5.75 Å². The molecule has 0 aliphatic carbocycles. The maximum Gasteiger partial charge on any atom is 0.387 e. The summed E-state index contributed by atoms with van der Waals surface area (Å²) in [5, 5.41) is 3.30. The first-order valence-electron chi connectivity index (χ1n) is 6.42. The summed E-state index contributed by atoms with van der Waals surface area (Å²) in [6.07, 6.45) is 0.118. The quantitative estimate of drug-likeness (QED) is 0.787. The fourth-order valence-corrected chi connectivity index (χ4v) is 1.76. The monoisotopic (exact) mass is 273 g/mol. The highest BCUT2D eigenvalue weighted by Gasteiger charge is 2.10. The molecule has 1 aromatic carbocycles. The van der Waals surface area contributed by atoms with E-state index in [4.69, 9.17) is 4.74 Å². The Morgan fingerprint density at radius 1 is 1.26 bits per heavy atom. The highest BCUT2D eigenvalue weighted by atomic mass is 19.3. The Bertz CT molecular complexity index is 374. The van der Waals surface area contributed by atoms with Gasteiger partial charge in [-0.3, -0.25) is 0 Å². The molecule has 0 fully saturated rings. The Morgan fingerprint density at radius 2 is 2.00 bits per heavy atom. The van der Waals surface area contributed by atoms with Crippen molar-refractivity contribution in [3.8, 4) is 5.75 Å². The van der Waals surface area contributed by atoms with Gasteiger partial charge in [0.2, 0.25) is 0 Å². The average molecular weight is 273 g/mol. The summed E-state index contributed by atoms with van der Waals surface area (Å²) in [6.45, 7) is 4.49. The van der Waals surface area contributed by atoms with Crippen molar-refractivity contribution in [3.63, 3.8) is 0 Å². The van der Waals surface area contributed by atoms with Gasteiger partial charge in [0, 0.05) is 19.2 Å². The Labute approximate surface area is 112 Å². The SMILES string of the molecule is CCOC(C)CNC(C)c1cccc(OC(F)F)c1. The molecule has 0 radical (unpaired) electrons. The van der Waals surface area contributed by atoms with E-state index in [1.807, 2.05) is 26.8 Å². The lowest BCUT2D eigenvalue weighted by molar-refractivity contribution is -0.0499. The molecule has 0 saturated carbocycles. The second-order valence-electron chi connectivity index (χ2n) is 4.35. The van der Waals surface area contributed by atoms with Crippen molar-refractivity contribution in [3.05, 3.63) is 29.8 Å². The Hall–Kier alpha value is -1.20. The van der Waals surface area contributed by atoms with Crippen LogP contribution in [0.4, 0.5) is 8.78 Å². The average Bonchev–Trinajstić information content (AvgIpc) is 2.36. The molecule has 2 atom stereocenters. The minimum atomic E-state index is -2.79. The predicted molar refractivity (Wildman–Crippen MR) is 70.6 cm³/mol. The molecule has 19 heavy (non-hydrogen) atoms. The van der Waals surface area contributed by atoms with Gasteiger partial charge in [0.25, 0.3) is 0 Å². The van der Waals surface area contributed by atoms with E-state index in [1.54, 1.807) is 12.1 Å². The molecule has 2 unspecified atom stereocenters. The van der Waals surface area contributed by atoms with Gasteiger partial charge in [-0.2, -0.15) is 8.78 Å². The van der Waals surface area contributed by atoms with E-state index >= 15 is 0 Å². The first kappa shape index (κ1) is 15.9. The van der Waals surface area contributed by atoms with E-state index in [0.29, 0.717) is 13.2 Å². The largest absolute Gasteiger partial charge is 0.435 e. The normalized spacial score (nSPS) is 14.4. The first-order valence-corrected chi connectivity index (χ1v) is 6.42. The van der Waals surface area contributed by atoms with Crippen LogP contribution in [0.15, 0.2) is 24.3 Å². The number of hydrogen-bond donors (Lipinski definition) is 1. The van der Waals surface area contributed by atoms with Gasteiger partial charge in [0.15, 0.2) is 0 Å². The van der Waals surface area contributed by atoms with Crippen molar-refractivity contribution >= 4 is 0 Å². The van der Waals surface area contributed by atoms with Crippen molar-refractivity contribution in [1.29, 1.82) is 0 Å². The van der Waals surface area contributed by atoms with E-state index in [2.05, 4.69) is 10.1 Å². The highest BCUT2D eigenvalue weighted by Crippen LogP contribution is 2.20. The van der Waals surface area contributed by atoms with Crippen molar-refractivity contribution in [2.75, 3.05) is 13.2 Å². The zero-order valence-corrected chi connectivity index (χ0v) is 11.5. The van der Waals surface area contributed by atoms with Crippen LogP contribution < -0.4 is 10.1 Å². The minimum absolute atomic E-state index is 0.0455. The summed E-state index contributed by atoms with van der Waals surface area (Å²) >= 11 is 0. The van der Waals surface area contributed by atoms with E-state index in [-0.39, 0.29) is 17.9 Å². The zero-order chi connectivity index (χ0) is 14.3. The third-order valence-electron chi connectivity index (χ3n) is 2.75. The third-order valence-corrected chi connectivity index (χ3v) is 2.75. The zero-order valence-electron chi connectivity index (χ0n) is 11.5. The van der Waals surface area contributed by atoms with E-state index in [0.717, 1.165) is 5.56 Å². The molecule has 0 bridgehead atoms. The van der Waals surface area contributed by atoms with E-state index in [9.17, 15) is 8.78 Å². The second-order valence-corrected chi connectivity index (χ2v) is 4.35. The number of rotatable bonds is 8. The number of hydrogen-bond acceptors (Lipinski definition) is 3. The molecular weight excluding hydrogens is 252 g/mol. The maximum absolute atomic E-state index is 12.1. The van der Waals surface area contributed by atoms with Crippen molar-refractivity contribution in [2.24, 2.45) is 0 Å². The molecule has 1 N–H and O–H groups in total. The molecule has 0 aliphatic rings. The number of nitrogens with one attached hydrogen (secondary N) is 1. The summed E-state index contributed by atoms with van der Waals surface area (Å²) in [4.78, 5) is 0. The lowest BCUT2D eigenvalue weighted by Gasteiger charge is -2.18. The summed E-state index contributed by atoms with van der Waals surface area (Å²) in [7, 11) is 0. The summed E-state index contributed by atoms with van der Waals surface area (Å²) in [5.74, 6) is 0.180. The number of ether oxygens (including phenoxy) is 2. The van der Waals surface area contributed by atoms with Crippen LogP contribution in [-0.2, 0) is 4.74 Å². The summed E-state index contributed by atoms with van der Waals surface area (Å²) in [5.41, 5.74) is 0.904. The maximum atomic E-state index is 12.1. The van der Waals surface area contributed by atoms with Crippen LogP contribution in [0.5, 0.6) is 5.75 Å². The standard InChI is InChI=1S/C14H21F2NO2/c1-4-18-10(2)9-17-11(3)12-6-5-7-13(8-12)19-14(15)16/h5-8,10-11,14,17H,4,9H2,1-3H3. The van der Waals surface area contributed by atoms with Crippen molar-refractivity contribution < 1.29 is 18.3 Å². The van der Waals surface area contributed by atoms with Crippen LogP contribution in [0.1, 0.15) is 32.4 Å². The van der Waals surface area contributed by atoms with Gasteiger partial charge in [-0.15, -0.1) is 0 Å². The lowest BCUT2D eigenvalue weighted by Crippen LogP contribution is -2.29. The molecule has 0 spiro atoms. The van der Waals surface area contributed by atoms with Crippen LogP contribution in [0, 0.1) is 0 Å². The molecule has 3 nitrogen and oxygen atoms in total. The first-order chi connectivity index (χ1) is 9.02. The minimum Gasteiger partial charge on any atom is -0.435 e. The fourth-order valence-electron chi connectivity index (χ4n) is 1.76. The van der Waals surface area contributed by atoms with Crippen LogP contribution in [0.2, 0.25) is 0 Å². The van der Waals surface area contributed by atoms with Crippen molar-refractivity contribution in [2.45, 2.75) is 39.5 Å². The molecule has 1 rings (SSSR count). The molecule has 5 heteroatoms. The summed E-state index contributed by atoms with van der Waals surface area (Å²) < 4.78 is 34.1. The lowest BCUT2D eigenvalue weighted by atomic mass is 10.1. The second kappa shape index (κ2) is 8.07. The van der Waals surface area contributed by atoms with E-state index < -0.39 is 6.61 Å². The van der Waals surface area contributed by atoms with Gasteiger partial charge in [-0.1, -0.05) is 12.1 Å². The van der Waals surface area contributed by atoms with Gasteiger partial charge >= 0.3 is 6.61 Å². The Kier molecular flexibility index (Phi) is 6.73. The van der Waals surface area contributed by atoms with Crippen LogP contribution in [0.3, 0.4) is 0 Å². The van der Waals surface area contributed by atoms with E-state index in [1.165, 1.54) is 6.07 Å². The van der Waals surface area contributed by atoms with Crippen LogP contribution in [0.25, 0.3) is 0 Å². The topological polar surface area (TPSA) is 30.5 Å². The summed E-state index contributed by atoms with van der Waals surface area (Å²) in [6, 6.07) is 6.77. The fraction of sp³-hybridized carbons (Fsp3) is 0.571. The Balaban J connectivity index is 2.54. The molecule has 0 heterocycles. The third kappa shape index (κ3) is 5.98. The number of benzene rings is 1. The number of alkyl halides is 2. The number of halogens is 2. The predicted octanol–water partition coefficient (Wildman–Crippen LogP) is 3.36. The highest BCUT2D eigenvalue weighted by molar-refractivity contribution is 5.30. The molecule has 0 amide bonds. The van der Waals surface area contributed by atoms with Gasteiger partial charge < -0.3 is 14.8 Å². The molecule has 0 saturated heterocycles. The molecular formula is C14H21F2NO2. The van der Waals surface area contributed by atoms with Gasteiger partial charge in [-0.05, 0) is 38.5 Å². The van der Waals surface area contributed by atoms with Crippen molar-refractivity contribution in [1.82, 2.24) is 5.32 Å². The smallest absolute Gasteiger partial charge is 0.387 e. The van der Waals surface area contributed by atoms with Gasteiger partial charge in [-0.25, -0.2) is 0 Å². The molecule has 0 aromatic heterocycles. The molecule has 0 aliphatic heterocycles.